The highest BCUT2D eigenvalue weighted by atomic mass is 16.5. The molecule has 6 nitrogen and oxygen atoms in total. The lowest BCUT2D eigenvalue weighted by Crippen LogP contribution is -2.46. The van der Waals surface area contributed by atoms with Gasteiger partial charge in [-0.2, -0.15) is 0 Å². The molecule has 0 aliphatic carbocycles. The van der Waals surface area contributed by atoms with Gasteiger partial charge in [0.1, 0.15) is 6.04 Å². The highest BCUT2D eigenvalue weighted by Gasteiger charge is 2.20. The molecule has 0 radical (unpaired) electrons. The number of methoxy groups -OCH3 is 1. The fourth-order valence-electron chi connectivity index (χ4n) is 1.10. The van der Waals surface area contributed by atoms with Crippen molar-refractivity contribution in [1.82, 2.24) is 10.6 Å². The molecule has 0 aromatic rings. The van der Waals surface area contributed by atoms with Gasteiger partial charge in [0.05, 0.1) is 0 Å². The number of carbonyl (C=O) groups excluding carboxylic acids is 1. The van der Waals surface area contributed by atoms with Gasteiger partial charge in [0.25, 0.3) is 0 Å². The van der Waals surface area contributed by atoms with Crippen molar-refractivity contribution in [2.45, 2.75) is 33.2 Å². The maximum atomic E-state index is 11.4. The van der Waals surface area contributed by atoms with Crippen LogP contribution in [0.4, 0.5) is 4.79 Å². The highest BCUT2D eigenvalue weighted by molar-refractivity contribution is 5.82. The summed E-state index contributed by atoms with van der Waals surface area (Å²) in [5.41, 5.74) is -0.0835. The summed E-state index contributed by atoms with van der Waals surface area (Å²) >= 11 is 0. The summed E-state index contributed by atoms with van der Waals surface area (Å²) < 4.78 is 4.97. The maximum absolute atomic E-state index is 11.4. The van der Waals surface area contributed by atoms with Crippen LogP contribution in [-0.4, -0.2) is 43.4 Å². The molecule has 0 heterocycles. The Bertz CT molecular complexity index is 266. The van der Waals surface area contributed by atoms with Crippen molar-refractivity contribution in [2.24, 2.45) is 5.41 Å². The van der Waals surface area contributed by atoms with Gasteiger partial charge in [0.15, 0.2) is 0 Å². The molecule has 0 aromatic carbocycles. The van der Waals surface area contributed by atoms with E-state index < -0.39 is 18.0 Å². The average molecular weight is 246 g/mol. The first-order valence-electron chi connectivity index (χ1n) is 5.54. The second-order valence-electron chi connectivity index (χ2n) is 4.79. The first-order valence-corrected chi connectivity index (χ1v) is 5.54. The van der Waals surface area contributed by atoms with E-state index in [9.17, 15) is 9.59 Å². The van der Waals surface area contributed by atoms with Crippen LogP contribution in [0, 0.1) is 5.41 Å². The van der Waals surface area contributed by atoms with Crippen LogP contribution < -0.4 is 10.6 Å². The smallest absolute Gasteiger partial charge is 0.325 e. The molecule has 0 saturated carbocycles. The number of carboxylic acids is 1. The summed E-state index contributed by atoms with van der Waals surface area (Å²) in [4.78, 5) is 21.9. The maximum Gasteiger partial charge on any atom is 0.325 e. The molecule has 0 aliphatic heterocycles. The summed E-state index contributed by atoms with van der Waals surface area (Å²) in [6, 6.07) is -1.36. The molecule has 2 amide bonds. The van der Waals surface area contributed by atoms with Crippen LogP contribution >= 0.6 is 0 Å². The zero-order chi connectivity index (χ0) is 13.5. The molecule has 3 N–H and O–H groups in total. The highest BCUT2D eigenvalue weighted by Crippen LogP contribution is 2.18. The number of carbonyl (C=O) groups is 2. The van der Waals surface area contributed by atoms with Crippen molar-refractivity contribution in [1.29, 1.82) is 0 Å². The van der Waals surface area contributed by atoms with Gasteiger partial charge in [0.2, 0.25) is 0 Å². The predicted octanol–water partition coefficient (Wildman–Crippen LogP) is 0.821. The van der Waals surface area contributed by atoms with E-state index in [2.05, 4.69) is 10.6 Å². The first kappa shape index (κ1) is 15.7. The van der Waals surface area contributed by atoms with E-state index in [0.29, 0.717) is 13.2 Å². The Morgan fingerprint density at radius 1 is 1.41 bits per heavy atom. The number of hydrogen-bond donors (Lipinski definition) is 3. The third-order valence-electron chi connectivity index (χ3n) is 2.43. The molecule has 0 spiro atoms. The monoisotopic (exact) mass is 246 g/mol. The van der Waals surface area contributed by atoms with Crippen LogP contribution in [-0.2, 0) is 9.53 Å². The van der Waals surface area contributed by atoms with Crippen molar-refractivity contribution in [3.05, 3.63) is 0 Å². The van der Waals surface area contributed by atoms with Crippen molar-refractivity contribution in [2.75, 3.05) is 20.3 Å². The number of urea groups is 1. The summed E-state index contributed by atoms with van der Waals surface area (Å²) in [5.74, 6) is -1.06. The minimum absolute atomic E-state index is 0.0835. The van der Waals surface area contributed by atoms with Gasteiger partial charge in [-0.1, -0.05) is 13.8 Å². The van der Waals surface area contributed by atoms with E-state index in [1.165, 1.54) is 6.92 Å². The molecule has 0 saturated heterocycles. The van der Waals surface area contributed by atoms with Crippen molar-refractivity contribution >= 4 is 12.0 Å². The zero-order valence-corrected chi connectivity index (χ0v) is 10.9. The van der Waals surface area contributed by atoms with Gasteiger partial charge in [0, 0.05) is 20.3 Å². The largest absolute Gasteiger partial charge is 0.480 e. The Kier molecular flexibility index (Phi) is 6.57. The van der Waals surface area contributed by atoms with Crippen LogP contribution in [0.25, 0.3) is 0 Å². The van der Waals surface area contributed by atoms with Gasteiger partial charge in [-0.05, 0) is 18.8 Å². The average Bonchev–Trinajstić information content (AvgIpc) is 2.24. The van der Waals surface area contributed by atoms with Crippen LogP contribution in [0.2, 0.25) is 0 Å². The third kappa shape index (κ3) is 7.57. The fourth-order valence-corrected chi connectivity index (χ4v) is 1.10. The molecule has 0 aliphatic rings. The van der Waals surface area contributed by atoms with Crippen molar-refractivity contribution < 1.29 is 19.4 Å². The number of hydrogen-bond acceptors (Lipinski definition) is 3. The van der Waals surface area contributed by atoms with Gasteiger partial charge in [-0.3, -0.25) is 4.79 Å². The molecule has 100 valence electrons. The van der Waals surface area contributed by atoms with Crippen LogP contribution in [0.5, 0.6) is 0 Å². The van der Waals surface area contributed by atoms with Gasteiger partial charge < -0.3 is 20.5 Å². The molecular weight excluding hydrogens is 224 g/mol. The summed E-state index contributed by atoms with van der Waals surface area (Å²) in [6.07, 6.45) is 0.818. The molecule has 6 heteroatoms. The number of rotatable bonds is 7. The second-order valence-corrected chi connectivity index (χ2v) is 4.79. The number of amides is 2. The zero-order valence-electron chi connectivity index (χ0n) is 10.9. The number of ether oxygens (including phenoxy) is 1. The minimum atomic E-state index is -1.06. The third-order valence-corrected chi connectivity index (χ3v) is 2.43. The SMILES string of the molecule is COCCC(C)(C)CNC(=O)N[C@@H](C)C(=O)O. The van der Waals surface area contributed by atoms with Gasteiger partial charge >= 0.3 is 12.0 Å². The lowest BCUT2D eigenvalue weighted by molar-refractivity contribution is -0.138. The standard InChI is InChI=1S/C11H22N2O4/c1-8(9(14)15)13-10(16)12-7-11(2,3)5-6-17-4/h8H,5-7H2,1-4H3,(H,14,15)(H2,12,13,16)/t8-/m0/s1. The van der Waals surface area contributed by atoms with E-state index in [4.69, 9.17) is 9.84 Å². The number of carboxylic acid groups (broad SMARTS) is 1. The van der Waals surface area contributed by atoms with Gasteiger partial charge in [-0.15, -0.1) is 0 Å². The van der Waals surface area contributed by atoms with Crippen LogP contribution in [0.3, 0.4) is 0 Å². The molecule has 17 heavy (non-hydrogen) atoms. The summed E-state index contributed by atoms with van der Waals surface area (Å²) in [5, 5.41) is 13.6. The topological polar surface area (TPSA) is 87.7 Å². The molecule has 0 aromatic heterocycles. The van der Waals surface area contributed by atoms with E-state index in [0.717, 1.165) is 6.42 Å². The van der Waals surface area contributed by atoms with E-state index >= 15 is 0 Å². The summed E-state index contributed by atoms with van der Waals surface area (Å²) in [7, 11) is 1.63. The molecule has 0 unspecified atom stereocenters. The van der Waals surface area contributed by atoms with Crippen LogP contribution in [0.1, 0.15) is 27.2 Å². The Morgan fingerprint density at radius 3 is 2.47 bits per heavy atom. The van der Waals surface area contributed by atoms with Crippen molar-refractivity contribution in [3.8, 4) is 0 Å². The Balaban J connectivity index is 3.94. The Morgan fingerprint density at radius 2 is 2.00 bits per heavy atom. The number of aliphatic carboxylic acids is 1. The Hall–Kier alpha value is -1.30. The molecule has 0 bridgehead atoms. The Labute approximate surface area is 102 Å². The normalized spacial score (nSPS) is 12.9. The molecule has 0 fully saturated rings. The van der Waals surface area contributed by atoms with Gasteiger partial charge in [-0.25, -0.2) is 4.79 Å². The fraction of sp³-hybridized carbons (Fsp3) is 0.818. The van der Waals surface area contributed by atoms with Crippen molar-refractivity contribution in [3.63, 3.8) is 0 Å². The lowest BCUT2D eigenvalue weighted by Gasteiger charge is -2.24. The van der Waals surface area contributed by atoms with E-state index in [1.54, 1.807) is 7.11 Å². The quantitative estimate of drug-likeness (QED) is 0.620. The molecule has 0 rings (SSSR count). The minimum Gasteiger partial charge on any atom is -0.480 e. The first-order chi connectivity index (χ1) is 7.78. The van der Waals surface area contributed by atoms with Crippen LogP contribution in [0.15, 0.2) is 0 Å². The predicted molar refractivity (Wildman–Crippen MR) is 63.9 cm³/mol. The van der Waals surface area contributed by atoms with E-state index in [1.807, 2.05) is 13.8 Å². The second kappa shape index (κ2) is 7.11. The lowest BCUT2D eigenvalue weighted by atomic mass is 9.90. The number of nitrogens with one attached hydrogen (secondary N) is 2. The molecule has 1 atom stereocenters. The summed E-state index contributed by atoms with van der Waals surface area (Å²) in [6.45, 7) is 6.52. The van der Waals surface area contributed by atoms with E-state index in [-0.39, 0.29) is 5.41 Å². The molecular formula is C11H22N2O4.